The van der Waals surface area contributed by atoms with Gasteiger partial charge < -0.3 is 9.47 Å². The fourth-order valence-corrected chi connectivity index (χ4v) is 4.09. The summed E-state index contributed by atoms with van der Waals surface area (Å²) >= 11 is 1.34. The van der Waals surface area contributed by atoms with Crippen molar-refractivity contribution >= 4 is 34.0 Å². The summed E-state index contributed by atoms with van der Waals surface area (Å²) in [6.45, 7) is 0. The van der Waals surface area contributed by atoms with Crippen LogP contribution in [-0.2, 0) is 11.2 Å². The molecule has 0 spiro atoms. The Hall–Kier alpha value is -3.97. The van der Waals surface area contributed by atoms with E-state index in [-0.39, 0.29) is 5.91 Å². The number of methoxy groups -OCH3 is 2. The van der Waals surface area contributed by atoms with Gasteiger partial charge in [-0.3, -0.25) is 10.1 Å². The molecule has 0 aliphatic carbocycles. The Kier molecular flexibility index (Phi) is 7.12. The molecule has 0 fully saturated rings. The smallest absolute Gasteiger partial charge is 0.258 e. The fraction of sp³-hybridized carbons (Fsp3) is 0.115. The molecule has 0 aliphatic rings. The molecule has 0 saturated carbocycles. The van der Waals surface area contributed by atoms with Crippen LogP contribution < -0.4 is 14.8 Å². The molecule has 1 amide bonds. The van der Waals surface area contributed by atoms with Crippen molar-refractivity contribution in [2.24, 2.45) is 0 Å². The predicted molar refractivity (Wildman–Crippen MR) is 132 cm³/mol. The van der Waals surface area contributed by atoms with Gasteiger partial charge >= 0.3 is 0 Å². The van der Waals surface area contributed by atoms with E-state index in [0.29, 0.717) is 28.6 Å². The monoisotopic (exact) mass is 457 g/mol. The lowest BCUT2D eigenvalue weighted by molar-refractivity contribution is -0.111. The van der Waals surface area contributed by atoms with Crippen molar-refractivity contribution in [2.75, 3.05) is 19.5 Å². The molecule has 3 aromatic carbocycles. The topological polar surface area (TPSA) is 73.3 Å². The second-order valence-electron chi connectivity index (χ2n) is 7.16. The number of aromatic nitrogens is 2. The minimum atomic E-state index is -0.237. The minimum Gasteiger partial charge on any atom is -0.493 e. The maximum atomic E-state index is 13.2. The number of benzene rings is 3. The first-order valence-electron chi connectivity index (χ1n) is 10.3. The van der Waals surface area contributed by atoms with Gasteiger partial charge in [0.1, 0.15) is 5.01 Å². The van der Waals surface area contributed by atoms with Crippen molar-refractivity contribution < 1.29 is 14.3 Å². The predicted octanol–water partition coefficient (Wildman–Crippen LogP) is 5.33. The number of anilines is 1. The molecular weight excluding hydrogens is 434 g/mol. The molecular formula is C26H23N3O3S. The molecule has 1 aromatic heterocycles. The number of nitrogens with zero attached hydrogens (tertiary/aromatic N) is 2. The maximum Gasteiger partial charge on any atom is 0.258 e. The summed E-state index contributed by atoms with van der Waals surface area (Å²) < 4.78 is 10.7. The molecule has 0 unspecified atom stereocenters. The van der Waals surface area contributed by atoms with Crippen LogP contribution in [0.2, 0.25) is 0 Å². The zero-order valence-corrected chi connectivity index (χ0v) is 19.1. The summed E-state index contributed by atoms with van der Waals surface area (Å²) in [4.78, 5) is 13.2. The molecule has 6 nitrogen and oxygen atoms in total. The molecule has 4 rings (SSSR count). The van der Waals surface area contributed by atoms with Crippen LogP contribution in [0, 0.1) is 0 Å². The Labute approximate surface area is 196 Å². The van der Waals surface area contributed by atoms with Gasteiger partial charge in [-0.2, -0.15) is 0 Å². The minimum absolute atomic E-state index is 0.237. The van der Waals surface area contributed by atoms with Crippen LogP contribution in [0.15, 0.2) is 78.9 Å². The second-order valence-corrected chi connectivity index (χ2v) is 8.22. The first-order valence-corrected chi connectivity index (χ1v) is 11.1. The van der Waals surface area contributed by atoms with Crippen molar-refractivity contribution in [3.05, 3.63) is 101 Å². The van der Waals surface area contributed by atoms with Crippen LogP contribution in [0.3, 0.4) is 0 Å². The van der Waals surface area contributed by atoms with Crippen molar-refractivity contribution in [1.82, 2.24) is 10.2 Å². The van der Waals surface area contributed by atoms with Crippen molar-refractivity contribution in [3.8, 4) is 11.5 Å². The third-order valence-electron chi connectivity index (χ3n) is 4.93. The van der Waals surface area contributed by atoms with E-state index in [0.717, 1.165) is 21.7 Å². The largest absolute Gasteiger partial charge is 0.493 e. The van der Waals surface area contributed by atoms with Crippen molar-refractivity contribution in [3.63, 3.8) is 0 Å². The van der Waals surface area contributed by atoms with Crippen LogP contribution in [0.25, 0.3) is 11.6 Å². The highest BCUT2D eigenvalue weighted by Gasteiger charge is 2.15. The zero-order chi connectivity index (χ0) is 23.0. The number of hydrogen-bond donors (Lipinski definition) is 1. The van der Waals surface area contributed by atoms with Gasteiger partial charge in [0.25, 0.3) is 5.91 Å². The number of hydrogen-bond acceptors (Lipinski definition) is 6. The number of carbonyl (C=O) groups is 1. The average molecular weight is 458 g/mol. The number of rotatable bonds is 8. The summed E-state index contributed by atoms with van der Waals surface area (Å²) in [5.41, 5.74) is 3.33. The first kappa shape index (κ1) is 22.2. The fourth-order valence-electron chi connectivity index (χ4n) is 3.32. The zero-order valence-electron chi connectivity index (χ0n) is 18.3. The third kappa shape index (κ3) is 5.64. The SMILES string of the molecule is COc1ccc(Cc2nnc(NC(=O)/C(=C/c3ccccc3)c3ccccc3)s2)cc1OC. The number of ether oxygens (including phenoxy) is 2. The summed E-state index contributed by atoms with van der Waals surface area (Å²) in [6.07, 6.45) is 2.44. The molecule has 1 N–H and O–H groups in total. The highest BCUT2D eigenvalue weighted by Crippen LogP contribution is 2.29. The highest BCUT2D eigenvalue weighted by atomic mass is 32.1. The molecule has 0 bridgehead atoms. The third-order valence-corrected chi connectivity index (χ3v) is 5.77. The van der Waals surface area contributed by atoms with Gasteiger partial charge in [0.15, 0.2) is 11.5 Å². The summed E-state index contributed by atoms with van der Waals surface area (Å²) in [6, 6.07) is 25.0. The van der Waals surface area contributed by atoms with Crippen LogP contribution in [0.5, 0.6) is 11.5 Å². The van der Waals surface area contributed by atoms with E-state index < -0.39 is 0 Å². The molecule has 0 atom stereocenters. The molecule has 0 radical (unpaired) electrons. The van der Waals surface area contributed by atoms with Gasteiger partial charge in [-0.25, -0.2) is 0 Å². The van der Waals surface area contributed by atoms with Gasteiger partial charge in [-0.15, -0.1) is 10.2 Å². The molecule has 0 saturated heterocycles. The Bertz CT molecular complexity index is 1250. The lowest BCUT2D eigenvalue weighted by atomic mass is 10.0. The summed E-state index contributed by atoms with van der Waals surface area (Å²) in [7, 11) is 3.21. The molecule has 1 heterocycles. The Morgan fingerprint density at radius 2 is 1.61 bits per heavy atom. The Balaban J connectivity index is 1.52. The van der Waals surface area contributed by atoms with E-state index in [9.17, 15) is 4.79 Å². The molecule has 33 heavy (non-hydrogen) atoms. The Morgan fingerprint density at radius 3 is 2.30 bits per heavy atom. The second kappa shape index (κ2) is 10.6. The molecule has 166 valence electrons. The number of carbonyl (C=O) groups excluding carboxylic acids is 1. The number of nitrogens with one attached hydrogen (secondary N) is 1. The quantitative estimate of drug-likeness (QED) is 0.286. The van der Waals surface area contributed by atoms with Crippen molar-refractivity contribution in [2.45, 2.75) is 6.42 Å². The van der Waals surface area contributed by atoms with Gasteiger partial charge in [0, 0.05) is 12.0 Å². The van der Waals surface area contributed by atoms with Gasteiger partial charge in [-0.1, -0.05) is 78.1 Å². The lowest BCUT2D eigenvalue weighted by Crippen LogP contribution is -2.13. The first-order chi connectivity index (χ1) is 16.2. The van der Waals surface area contributed by atoms with Crippen LogP contribution in [0.1, 0.15) is 21.7 Å². The maximum absolute atomic E-state index is 13.2. The number of amides is 1. The van der Waals surface area contributed by atoms with E-state index in [1.165, 1.54) is 11.3 Å². The Morgan fingerprint density at radius 1 is 0.909 bits per heavy atom. The van der Waals surface area contributed by atoms with Gasteiger partial charge in [0.2, 0.25) is 5.13 Å². The van der Waals surface area contributed by atoms with Crippen LogP contribution in [-0.4, -0.2) is 30.3 Å². The molecule has 0 aliphatic heterocycles. The van der Waals surface area contributed by atoms with E-state index in [2.05, 4.69) is 15.5 Å². The summed E-state index contributed by atoms with van der Waals surface area (Å²) in [5.74, 6) is 1.09. The van der Waals surface area contributed by atoms with Gasteiger partial charge in [0.05, 0.1) is 14.2 Å². The van der Waals surface area contributed by atoms with E-state index >= 15 is 0 Å². The van der Waals surface area contributed by atoms with E-state index in [4.69, 9.17) is 9.47 Å². The van der Waals surface area contributed by atoms with E-state index in [1.807, 2.05) is 84.9 Å². The lowest BCUT2D eigenvalue weighted by Gasteiger charge is -2.08. The van der Waals surface area contributed by atoms with Gasteiger partial charge in [-0.05, 0) is 34.9 Å². The standard InChI is InChI=1S/C26H23N3O3S/c1-31-22-14-13-19(16-23(22)32-2)17-24-28-29-26(33-24)27-25(30)21(20-11-7-4-8-12-20)15-18-9-5-3-6-10-18/h3-16H,17H2,1-2H3,(H,27,29,30)/b21-15+. The summed E-state index contributed by atoms with van der Waals surface area (Å²) in [5, 5.41) is 12.5. The van der Waals surface area contributed by atoms with Crippen LogP contribution in [0.4, 0.5) is 5.13 Å². The molecule has 7 heteroatoms. The average Bonchev–Trinajstić information content (AvgIpc) is 3.30. The molecule has 4 aromatic rings. The van der Waals surface area contributed by atoms with Crippen LogP contribution >= 0.6 is 11.3 Å². The van der Waals surface area contributed by atoms with Crippen molar-refractivity contribution in [1.29, 1.82) is 0 Å². The highest BCUT2D eigenvalue weighted by molar-refractivity contribution is 7.15. The van der Waals surface area contributed by atoms with E-state index in [1.54, 1.807) is 14.2 Å². The normalized spacial score (nSPS) is 11.2.